The molecule has 0 radical (unpaired) electrons. The minimum Gasteiger partial charge on any atom is -0.355 e. The van der Waals surface area contributed by atoms with Crippen molar-refractivity contribution < 1.29 is 13.2 Å². The molecule has 9 heteroatoms. The zero-order chi connectivity index (χ0) is 13.3. The Bertz CT molecular complexity index is 616. The third-order valence-corrected chi connectivity index (χ3v) is 6.01. The van der Waals surface area contributed by atoms with Crippen molar-refractivity contribution in [1.82, 2.24) is 14.6 Å². The number of aromatic nitrogens is 1. The number of carbonyl (C=O) groups excluding carboxylic acids is 1. The highest BCUT2D eigenvalue weighted by atomic mass is 32.2. The maximum atomic E-state index is 12.3. The van der Waals surface area contributed by atoms with Gasteiger partial charge in [0.1, 0.15) is 0 Å². The van der Waals surface area contributed by atoms with Gasteiger partial charge in [0.15, 0.2) is 4.21 Å². The summed E-state index contributed by atoms with van der Waals surface area (Å²) in [5, 5.41) is 2.61. The van der Waals surface area contributed by atoms with Crippen LogP contribution in [0.15, 0.2) is 9.00 Å². The number of hydrogen-bond acceptors (Lipinski definition) is 5. The lowest BCUT2D eigenvalue weighted by Crippen LogP contribution is -2.37. The molecule has 0 aromatic carbocycles. The van der Waals surface area contributed by atoms with Gasteiger partial charge < -0.3 is 10.3 Å². The van der Waals surface area contributed by atoms with E-state index in [1.165, 1.54) is 6.92 Å². The van der Waals surface area contributed by atoms with E-state index in [-0.39, 0.29) is 23.2 Å². The Labute approximate surface area is 108 Å². The zero-order valence-electron chi connectivity index (χ0n) is 9.73. The molecule has 0 atom stereocenters. The van der Waals surface area contributed by atoms with Gasteiger partial charge in [0.25, 0.3) is 10.0 Å². The van der Waals surface area contributed by atoms with Crippen molar-refractivity contribution in [2.24, 2.45) is 0 Å². The van der Waals surface area contributed by atoms with Gasteiger partial charge in [-0.05, 0) is 13.3 Å². The van der Waals surface area contributed by atoms with Gasteiger partial charge in [-0.25, -0.2) is 8.42 Å². The molecular weight excluding hydrogens is 278 g/mol. The van der Waals surface area contributed by atoms with Crippen LogP contribution >= 0.6 is 11.3 Å². The lowest BCUT2D eigenvalue weighted by Gasteiger charge is -2.17. The second kappa shape index (κ2) is 4.82. The molecule has 100 valence electrons. The lowest BCUT2D eigenvalue weighted by molar-refractivity contribution is -0.120. The monoisotopic (exact) mass is 291 g/mol. The summed E-state index contributed by atoms with van der Waals surface area (Å²) >= 11 is 0.651. The first-order valence-corrected chi connectivity index (χ1v) is 7.63. The summed E-state index contributed by atoms with van der Waals surface area (Å²) in [6, 6.07) is 0. The van der Waals surface area contributed by atoms with E-state index >= 15 is 0 Å². The van der Waals surface area contributed by atoms with E-state index in [1.54, 1.807) is 0 Å². The third kappa shape index (κ3) is 2.47. The molecule has 1 aromatic heterocycles. The maximum Gasteiger partial charge on any atom is 0.305 e. The Morgan fingerprint density at radius 1 is 1.33 bits per heavy atom. The molecule has 2 heterocycles. The smallest absolute Gasteiger partial charge is 0.305 e. The number of aryl methyl sites for hydroxylation is 1. The second-order valence-corrected chi connectivity index (χ2v) is 7.09. The highest BCUT2D eigenvalue weighted by Crippen LogP contribution is 2.21. The fourth-order valence-electron chi connectivity index (χ4n) is 1.74. The van der Waals surface area contributed by atoms with E-state index in [1.807, 2.05) is 0 Å². The first kappa shape index (κ1) is 13.2. The first-order chi connectivity index (χ1) is 8.41. The number of amides is 1. The van der Waals surface area contributed by atoms with Crippen LogP contribution in [0, 0.1) is 6.92 Å². The second-order valence-electron chi connectivity index (χ2n) is 3.97. The number of nitrogens with one attached hydrogen (secondary N) is 2. The summed E-state index contributed by atoms with van der Waals surface area (Å²) in [6.45, 7) is 2.07. The number of H-pyrrole nitrogens is 1. The number of rotatable bonds is 2. The van der Waals surface area contributed by atoms with Gasteiger partial charge in [0, 0.05) is 18.8 Å². The van der Waals surface area contributed by atoms with Gasteiger partial charge in [-0.3, -0.25) is 9.59 Å². The van der Waals surface area contributed by atoms with Crippen LogP contribution in [0.5, 0.6) is 0 Å². The minimum atomic E-state index is -3.77. The zero-order valence-corrected chi connectivity index (χ0v) is 11.4. The van der Waals surface area contributed by atoms with E-state index in [4.69, 9.17) is 0 Å². The molecule has 1 aliphatic rings. The van der Waals surface area contributed by atoms with Gasteiger partial charge in [0.05, 0.1) is 6.54 Å². The van der Waals surface area contributed by atoms with Crippen molar-refractivity contribution in [3.63, 3.8) is 0 Å². The molecule has 2 N–H and O–H groups in total. The minimum absolute atomic E-state index is 0.0119. The van der Waals surface area contributed by atoms with Crippen molar-refractivity contribution in [2.75, 3.05) is 19.6 Å². The molecule has 1 saturated heterocycles. The molecule has 2 rings (SSSR count). The quantitative estimate of drug-likeness (QED) is 0.749. The van der Waals surface area contributed by atoms with Crippen LogP contribution in [0.25, 0.3) is 0 Å². The molecule has 18 heavy (non-hydrogen) atoms. The molecule has 1 aliphatic heterocycles. The maximum absolute atomic E-state index is 12.3. The Kier molecular flexibility index (Phi) is 3.55. The Balaban J connectivity index is 2.38. The van der Waals surface area contributed by atoms with Gasteiger partial charge >= 0.3 is 4.87 Å². The molecule has 0 aliphatic carbocycles. The molecule has 1 fully saturated rings. The van der Waals surface area contributed by atoms with E-state index in [2.05, 4.69) is 10.3 Å². The number of sulfonamides is 1. The van der Waals surface area contributed by atoms with E-state index in [0.29, 0.717) is 30.0 Å². The SMILES string of the molecule is Cc1[nH]c(=O)sc1S(=O)(=O)N1CCCNC(=O)C1. The molecule has 1 amide bonds. The average Bonchev–Trinajstić information content (AvgIpc) is 2.50. The van der Waals surface area contributed by atoms with Gasteiger partial charge in [-0.1, -0.05) is 11.3 Å². The van der Waals surface area contributed by atoms with Crippen molar-refractivity contribution in [3.8, 4) is 0 Å². The van der Waals surface area contributed by atoms with E-state index in [0.717, 1.165) is 4.31 Å². The van der Waals surface area contributed by atoms with Crippen molar-refractivity contribution in [1.29, 1.82) is 0 Å². The number of aromatic amines is 1. The van der Waals surface area contributed by atoms with Crippen LogP contribution in [-0.4, -0.2) is 43.2 Å². The van der Waals surface area contributed by atoms with Crippen LogP contribution in [0.2, 0.25) is 0 Å². The molecular formula is C9H13N3O4S2. The van der Waals surface area contributed by atoms with Crippen LogP contribution in [-0.2, 0) is 14.8 Å². The van der Waals surface area contributed by atoms with Crippen molar-refractivity contribution in [2.45, 2.75) is 17.6 Å². The summed E-state index contributed by atoms with van der Waals surface area (Å²) in [7, 11) is -3.77. The highest BCUT2D eigenvalue weighted by molar-refractivity contribution is 7.91. The molecule has 0 spiro atoms. The van der Waals surface area contributed by atoms with Crippen LogP contribution in [0.4, 0.5) is 0 Å². The Morgan fingerprint density at radius 3 is 2.67 bits per heavy atom. The standard InChI is InChI=1S/C9H13N3O4S2/c1-6-8(17-9(14)11-6)18(15,16)12-4-2-3-10-7(13)5-12/h2-5H2,1H3,(H,10,13)(H,11,14). The van der Waals surface area contributed by atoms with Gasteiger partial charge in [-0.15, -0.1) is 0 Å². The highest BCUT2D eigenvalue weighted by Gasteiger charge is 2.31. The van der Waals surface area contributed by atoms with Crippen molar-refractivity contribution >= 4 is 27.3 Å². The van der Waals surface area contributed by atoms with Crippen LogP contribution in [0.3, 0.4) is 0 Å². The Hall–Kier alpha value is -1.19. The molecule has 0 bridgehead atoms. The van der Waals surface area contributed by atoms with Crippen LogP contribution < -0.4 is 10.2 Å². The normalized spacial score (nSPS) is 18.4. The summed E-state index contributed by atoms with van der Waals surface area (Å²) in [4.78, 5) is 24.6. The van der Waals surface area contributed by atoms with E-state index < -0.39 is 14.9 Å². The summed E-state index contributed by atoms with van der Waals surface area (Å²) < 4.78 is 25.7. The van der Waals surface area contributed by atoms with Crippen LogP contribution in [0.1, 0.15) is 12.1 Å². The summed E-state index contributed by atoms with van der Waals surface area (Å²) in [5.41, 5.74) is 0.314. The predicted molar refractivity (Wildman–Crippen MR) is 66.1 cm³/mol. The fraction of sp³-hybridized carbons (Fsp3) is 0.556. The molecule has 1 aromatic rings. The summed E-state index contributed by atoms with van der Waals surface area (Å²) in [6.07, 6.45) is 0.559. The third-order valence-electron chi connectivity index (χ3n) is 2.58. The molecule has 7 nitrogen and oxygen atoms in total. The van der Waals surface area contributed by atoms with Gasteiger partial charge in [0.2, 0.25) is 5.91 Å². The Morgan fingerprint density at radius 2 is 2.06 bits per heavy atom. The lowest BCUT2D eigenvalue weighted by atomic mass is 10.4. The number of nitrogens with zero attached hydrogens (tertiary/aromatic N) is 1. The van der Waals surface area contributed by atoms with E-state index in [9.17, 15) is 18.0 Å². The molecule has 0 unspecified atom stereocenters. The predicted octanol–water partition coefficient (Wildman–Crippen LogP) is -0.745. The molecule has 0 saturated carbocycles. The van der Waals surface area contributed by atoms with Gasteiger partial charge in [-0.2, -0.15) is 4.31 Å². The summed E-state index contributed by atoms with van der Waals surface area (Å²) in [5.74, 6) is -0.323. The number of hydrogen-bond donors (Lipinski definition) is 2. The number of carbonyl (C=O) groups is 1. The average molecular weight is 291 g/mol. The van der Waals surface area contributed by atoms with Crippen molar-refractivity contribution in [3.05, 3.63) is 15.4 Å². The fourth-order valence-corrected chi connectivity index (χ4v) is 4.61. The largest absolute Gasteiger partial charge is 0.355 e. The number of thiazole rings is 1. The first-order valence-electron chi connectivity index (χ1n) is 5.38. The topological polar surface area (TPSA) is 99.3 Å².